The van der Waals surface area contributed by atoms with Crippen molar-refractivity contribution in [2.45, 2.75) is 19.8 Å². The third-order valence-electron chi connectivity index (χ3n) is 5.20. The molecule has 7 nitrogen and oxygen atoms in total. The Balaban J connectivity index is 1.61. The molecule has 25 heavy (non-hydrogen) atoms. The first-order chi connectivity index (χ1) is 12.1. The topological polar surface area (TPSA) is 55.8 Å². The largest absolute Gasteiger partial charge is 0.356 e. The molecular formula is C18H30N6O. The molecule has 7 heteroatoms. The van der Waals surface area contributed by atoms with Gasteiger partial charge in [-0.1, -0.05) is 6.92 Å². The number of rotatable bonds is 6. The SMILES string of the molecule is CCCN(C)CC1CCN(c2cc(N3CCN(C)C(=O)C3)ncn2)C1. The van der Waals surface area contributed by atoms with Gasteiger partial charge in [0.15, 0.2) is 0 Å². The molecule has 2 aliphatic heterocycles. The number of aromatic nitrogens is 2. The summed E-state index contributed by atoms with van der Waals surface area (Å²) in [6, 6.07) is 2.04. The highest BCUT2D eigenvalue weighted by atomic mass is 16.2. The van der Waals surface area contributed by atoms with Crippen LogP contribution in [0.25, 0.3) is 0 Å². The van der Waals surface area contributed by atoms with Crippen LogP contribution >= 0.6 is 0 Å². The van der Waals surface area contributed by atoms with Gasteiger partial charge < -0.3 is 19.6 Å². The molecule has 2 fully saturated rings. The van der Waals surface area contributed by atoms with E-state index in [4.69, 9.17) is 0 Å². The van der Waals surface area contributed by atoms with Crippen molar-refractivity contribution in [1.29, 1.82) is 0 Å². The van der Waals surface area contributed by atoms with Gasteiger partial charge in [0.05, 0.1) is 6.54 Å². The predicted octanol–water partition coefficient (Wildman–Crippen LogP) is 0.923. The second-order valence-electron chi connectivity index (χ2n) is 7.33. The van der Waals surface area contributed by atoms with Crippen molar-refractivity contribution in [3.63, 3.8) is 0 Å². The molecule has 1 aromatic rings. The summed E-state index contributed by atoms with van der Waals surface area (Å²) in [6.07, 6.45) is 4.04. The summed E-state index contributed by atoms with van der Waals surface area (Å²) in [4.78, 5) is 29.4. The maximum absolute atomic E-state index is 11.9. The summed E-state index contributed by atoms with van der Waals surface area (Å²) >= 11 is 0. The van der Waals surface area contributed by atoms with Gasteiger partial charge in [0.25, 0.3) is 0 Å². The van der Waals surface area contributed by atoms with Crippen molar-refractivity contribution >= 4 is 17.5 Å². The van der Waals surface area contributed by atoms with Crippen LogP contribution < -0.4 is 9.80 Å². The minimum absolute atomic E-state index is 0.145. The highest BCUT2D eigenvalue weighted by Crippen LogP contribution is 2.25. The van der Waals surface area contributed by atoms with Gasteiger partial charge >= 0.3 is 0 Å². The number of hydrogen-bond acceptors (Lipinski definition) is 6. The van der Waals surface area contributed by atoms with Crippen molar-refractivity contribution in [2.75, 3.05) is 69.7 Å². The van der Waals surface area contributed by atoms with Gasteiger partial charge in [-0.25, -0.2) is 9.97 Å². The number of anilines is 2. The van der Waals surface area contributed by atoms with E-state index in [2.05, 4.69) is 38.6 Å². The Bertz CT molecular complexity index is 595. The first-order valence-corrected chi connectivity index (χ1v) is 9.31. The lowest BCUT2D eigenvalue weighted by Crippen LogP contribution is -2.48. The Morgan fingerprint density at radius 1 is 1.20 bits per heavy atom. The quantitative estimate of drug-likeness (QED) is 0.764. The average molecular weight is 346 g/mol. The molecule has 1 unspecified atom stereocenters. The second kappa shape index (κ2) is 7.99. The molecule has 0 radical (unpaired) electrons. The van der Waals surface area contributed by atoms with E-state index in [9.17, 15) is 4.79 Å². The summed E-state index contributed by atoms with van der Waals surface area (Å²) in [5, 5.41) is 0. The number of nitrogens with zero attached hydrogens (tertiary/aromatic N) is 6. The zero-order valence-corrected chi connectivity index (χ0v) is 15.7. The lowest BCUT2D eigenvalue weighted by molar-refractivity contribution is -0.129. The van der Waals surface area contributed by atoms with Crippen molar-refractivity contribution in [3.8, 4) is 0 Å². The number of carbonyl (C=O) groups excluding carboxylic acids is 1. The van der Waals surface area contributed by atoms with Gasteiger partial charge in [-0.05, 0) is 32.4 Å². The fourth-order valence-electron chi connectivity index (χ4n) is 3.74. The minimum Gasteiger partial charge on any atom is -0.356 e. The van der Waals surface area contributed by atoms with Crippen molar-refractivity contribution in [1.82, 2.24) is 19.8 Å². The summed E-state index contributed by atoms with van der Waals surface area (Å²) in [5.74, 6) is 2.68. The summed E-state index contributed by atoms with van der Waals surface area (Å²) in [5.41, 5.74) is 0. The Labute approximate surface area is 150 Å². The third-order valence-corrected chi connectivity index (χ3v) is 5.20. The highest BCUT2D eigenvalue weighted by Gasteiger charge is 2.26. The fraction of sp³-hybridized carbons (Fsp3) is 0.722. The molecule has 2 aliphatic rings. The molecule has 1 amide bonds. The Morgan fingerprint density at radius 2 is 1.96 bits per heavy atom. The van der Waals surface area contributed by atoms with E-state index in [0.717, 1.165) is 50.9 Å². The third kappa shape index (κ3) is 4.39. The van der Waals surface area contributed by atoms with Crippen LogP contribution in [0.15, 0.2) is 12.4 Å². The number of hydrogen-bond donors (Lipinski definition) is 0. The van der Waals surface area contributed by atoms with E-state index >= 15 is 0 Å². The molecule has 3 heterocycles. The van der Waals surface area contributed by atoms with Gasteiger partial charge in [-0.15, -0.1) is 0 Å². The highest BCUT2D eigenvalue weighted by molar-refractivity contribution is 5.82. The maximum Gasteiger partial charge on any atom is 0.241 e. The van der Waals surface area contributed by atoms with Crippen molar-refractivity contribution in [2.24, 2.45) is 5.92 Å². The lowest BCUT2D eigenvalue weighted by atomic mass is 10.1. The van der Waals surface area contributed by atoms with Crippen LogP contribution in [-0.4, -0.2) is 85.6 Å². The average Bonchev–Trinajstić information content (AvgIpc) is 3.06. The second-order valence-corrected chi connectivity index (χ2v) is 7.33. The summed E-state index contributed by atoms with van der Waals surface area (Å²) < 4.78 is 0. The van der Waals surface area contributed by atoms with Gasteiger partial charge in [-0.2, -0.15) is 0 Å². The molecule has 3 rings (SSSR count). The number of carbonyl (C=O) groups is 1. The molecular weight excluding hydrogens is 316 g/mol. The molecule has 1 aromatic heterocycles. The van der Waals surface area contributed by atoms with Gasteiger partial charge in [0.2, 0.25) is 5.91 Å². The predicted molar refractivity (Wildman–Crippen MR) is 100.0 cm³/mol. The molecule has 0 aromatic carbocycles. The summed E-state index contributed by atoms with van der Waals surface area (Å²) in [7, 11) is 4.06. The van der Waals surface area contributed by atoms with Crippen LogP contribution in [0.2, 0.25) is 0 Å². The zero-order valence-electron chi connectivity index (χ0n) is 15.7. The van der Waals surface area contributed by atoms with Crippen LogP contribution in [0.1, 0.15) is 19.8 Å². The van der Waals surface area contributed by atoms with E-state index in [1.54, 1.807) is 11.2 Å². The standard InChI is InChI=1S/C18H30N6O/c1-4-6-21(2)11-15-5-7-23(12-15)16-10-17(20-14-19-16)24-9-8-22(3)18(25)13-24/h10,14-15H,4-9,11-13H2,1-3H3. The van der Waals surface area contributed by atoms with Crippen LogP contribution in [0, 0.1) is 5.92 Å². The first kappa shape index (κ1) is 17.9. The molecule has 0 aliphatic carbocycles. The van der Waals surface area contributed by atoms with Gasteiger partial charge in [0, 0.05) is 45.8 Å². The Hall–Kier alpha value is -1.89. The van der Waals surface area contributed by atoms with Crippen LogP contribution in [-0.2, 0) is 4.79 Å². The number of amides is 1. The number of likely N-dealkylation sites (N-methyl/N-ethyl adjacent to an activating group) is 1. The van der Waals surface area contributed by atoms with Crippen LogP contribution in [0.4, 0.5) is 11.6 Å². The smallest absolute Gasteiger partial charge is 0.241 e. The fourth-order valence-corrected chi connectivity index (χ4v) is 3.74. The monoisotopic (exact) mass is 346 g/mol. The maximum atomic E-state index is 11.9. The van der Waals surface area contributed by atoms with E-state index in [1.807, 2.05) is 13.1 Å². The van der Waals surface area contributed by atoms with Crippen molar-refractivity contribution in [3.05, 3.63) is 12.4 Å². The molecule has 0 spiro atoms. The van der Waals surface area contributed by atoms with Crippen LogP contribution in [0.3, 0.4) is 0 Å². The minimum atomic E-state index is 0.145. The van der Waals surface area contributed by atoms with Gasteiger partial charge in [-0.3, -0.25) is 4.79 Å². The van der Waals surface area contributed by atoms with E-state index in [0.29, 0.717) is 12.5 Å². The van der Waals surface area contributed by atoms with Crippen molar-refractivity contribution < 1.29 is 4.79 Å². The molecule has 2 saturated heterocycles. The van der Waals surface area contributed by atoms with Crippen LogP contribution in [0.5, 0.6) is 0 Å². The number of piperazine rings is 1. The molecule has 0 bridgehead atoms. The van der Waals surface area contributed by atoms with E-state index in [1.165, 1.54) is 12.8 Å². The molecule has 1 atom stereocenters. The summed E-state index contributed by atoms with van der Waals surface area (Å²) in [6.45, 7) is 8.59. The first-order valence-electron chi connectivity index (χ1n) is 9.31. The molecule has 138 valence electrons. The van der Waals surface area contributed by atoms with E-state index in [-0.39, 0.29) is 5.91 Å². The van der Waals surface area contributed by atoms with E-state index < -0.39 is 0 Å². The normalized spacial score (nSPS) is 21.5. The Morgan fingerprint density at radius 3 is 2.68 bits per heavy atom. The Kier molecular flexibility index (Phi) is 5.73. The lowest BCUT2D eigenvalue weighted by Gasteiger charge is -2.33. The molecule has 0 N–H and O–H groups in total. The molecule has 0 saturated carbocycles. The zero-order chi connectivity index (χ0) is 17.8. The van der Waals surface area contributed by atoms with Gasteiger partial charge in [0.1, 0.15) is 18.0 Å².